The predicted molar refractivity (Wildman–Crippen MR) is 268 cm³/mol. The highest BCUT2D eigenvalue weighted by molar-refractivity contribution is 6.35. The molecule has 2 nitrogen and oxygen atoms in total. The zero-order chi connectivity index (χ0) is 41.8. The molecule has 0 spiro atoms. The van der Waals surface area contributed by atoms with Crippen molar-refractivity contribution in [2.45, 2.75) is 25.7 Å². The van der Waals surface area contributed by atoms with Crippen LogP contribution in [-0.4, -0.2) is 6.54 Å². The lowest BCUT2D eigenvalue weighted by Gasteiger charge is -2.33. The van der Waals surface area contributed by atoms with Gasteiger partial charge in [0, 0.05) is 39.8 Å². The SMILES string of the molecule is CC1(C)c2ccccc2-c2cc(-c3cccc4c3N(c3ccccc3)CC4)c(N(c3ccc(-c4ccccc4)cc3)c3ccc4cccc5c6cccc7cccc(c3c45)c76)cc21. The molecule has 13 rings (SSSR count). The van der Waals surface area contributed by atoms with E-state index < -0.39 is 0 Å². The molecule has 0 amide bonds. The molecule has 0 aromatic heterocycles. The Morgan fingerprint density at radius 2 is 1.06 bits per heavy atom. The number of rotatable bonds is 6. The number of anilines is 5. The lowest BCUT2D eigenvalue weighted by Crippen LogP contribution is -2.18. The minimum Gasteiger partial charge on any atom is -0.340 e. The fourth-order valence-electron chi connectivity index (χ4n) is 11.3. The summed E-state index contributed by atoms with van der Waals surface area (Å²) in [5.74, 6) is 0. The van der Waals surface area contributed by atoms with Gasteiger partial charge in [-0.05, 0) is 126 Å². The van der Waals surface area contributed by atoms with E-state index in [1.54, 1.807) is 0 Å². The summed E-state index contributed by atoms with van der Waals surface area (Å²) in [6.07, 6.45) is 1.000. The smallest absolute Gasteiger partial charge is 0.0547 e. The molecule has 2 aliphatic rings. The summed E-state index contributed by atoms with van der Waals surface area (Å²) >= 11 is 0. The summed E-state index contributed by atoms with van der Waals surface area (Å²) < 4.78 is 0. The van der Waals surface area contributed by atoms with E-state index in [0.717, 1.165) is 18.7 Å². The van der Waals surface area contributed by atoms with Gasteiger partial charge in [-0.1, -0.05) is 178 Å². The Morgan fingerprint density at radius 1 is 0.429 bits per heavy atom. The molecule has 0 unspecified atom stereocenters. The van der Waals surface area contributed by atoms with Gasteiger partial charge in [0.1, 0.15) is 0 Å². The van der Waals surface area contributed by atoms with Crippen LogP contribution in [0.1, 0.15) is 30.5 Å². The van der Waals surface area contributed by atoms with Crippen LogP contribution in [0.2, 0.25) is 0 Å². The van der Waals surface area contributed by atoms with Gasteiger partial charge in [0.05, 0.1) is 17.1 Å². The summed E-state index contributed by atoms with van der Waals surface area (Å²) in [6, 6.07) is 77.3. The van der Waals surface area contributed by atoms with Crippen molar-refractivity contribution in [1.29, 1.82) is 0 Å². The van der Waals surface area contributed by atoms with E-state index in [2.05, 4.69) is 230 Å². The molecule has 298 valence electrons. The zero-order valence-corrected chi connectivity index (χ0v) is 35.4. The molecule has 1 aliphatic carbocycles. The van der Waals surface area contributed by atoms with Crippen molar-refractivity contribution in [1.82, 2.24) is 0 Å². The van der Waals surface area contributed by atoms with Gasteiger partial charge in [0.15, 0.2) is 0 Å². The van der Waals surface area contributed by atoms with Crippen LogP contribution in [0, 0.1) is 0 Å². The van der Waals surface area contributed by atoms with Gasteiger partial charge in [-0.25, -0.2) is 0 Å². The molecule has 11 aromatic carbocycles. The third-order valence-electron chi connectivity index (χ3n) is 14.3. The second kappa shape index (κ2) is 13.7. The first-order chi connectivity index (χ1) is 31.0. The average Bonchev–Trinajstić information content (AvgIpc) is 3.87. The van der Waals surface area contributed by atoms with Gasteiger partial charge in [0.2, 0.25) is 0 Å². The Labute approximate surface area is 368 Å². The van der Waals surface area contributed by atoms with Crippen molar-refractivity contribution in [3.63, 3.8) is 0 Å². The molecule has 2 heteroatoms. The maximum Gasteiger partial charge on any atom is 0.0547 e. The van der Waals surface area contributed by atoms with Gasteiger partial charge in [-0.15, -0.1) is 0 Å². The minimum atomic E-state index is -0.202. The second-order valence-corrected chi connectivity index (χ2v) is 18.0. The van der Waals surface area contributed by atoms with Crippen LogP contribution in [0.5, 0.6) is 0 Å². The number of hydrogen-bond acceptors (Lipinski definition) is 2. The van der Waals surface area contributed by atoms with Crippen molar-refractivity contribution in [2.24, 2.45) is 0 Å². The van der Waals surface area contributed by atoms with Crippen molar-refractivity contribution < 1.29 is 0 Å². The molecule has 0 bridgehead atoms. The predicted octanol–water partition coefficient (Wildman–Crippen LogP) is 16.5. The van der Waals surface area contributed by atoms with Crippen LogP contribution in [0.15, 0.2) is 206 Å². The summed E-state index contributed by atoms with van der Waals surface area (Å²) in [5, 5.41) is 10.3. The molecule has 0 N–H and O–H groups in total. The lowest BCUT2D eigenvalue weighted by molar-refractivity contribution is 0.660. The number of fused-ring (bicyclic) bond motifs is 6. The van der Waals surface area contributed by atoms with E-state index in [1.165, 1.54) is 116 Å². The van der Waals surface area contributed by atoms with Gasteiger partial charge < -0.3 is 9.80 Å². The fourth-order valence-corrected chi connectivity index (χ4v) is 11.3. The molecule has 1 aliphatic heterocycles. The average molecular weight is 805 g/mol. The molecule has 11 aromatic rings. The fraction of sp³-hybridized carbons (Fsp3) is 0.0820. The molecule has 1 heterocycles. The van der Waals surface area contributed by atoms with Gasteiger partial charge in [0.25, 0.3) is 0 Å². The monoisotopic (exact) mass is 804 g/mol. The lowest BCUT2D eigenvalue weighted by atomic mass is 9.81. The Hall–Kier alpha value is -7.68. The molecule has 0 fully saturated rings. The topological polar surface area (TPSA) is 6.48 Å². The maximum absolute atomic E-state index is 2.60. The summed E-state index contributed by atoms with van der Waals surface area (Å²) in [6.45, 7) is 5.75. The summed E-state index contributed by atoms with van der Waals surface area (Å²) in [4.78, 5) is 5.14. The molecular weight excluding hydrogens is 761 g/mol. The quantitative estimate of drug-likeness (QED) is 0.122. The first-order valence-electron chi connectivity index (χ1n) is 22.3. The third-order valence-corrected chi connectivity index (χ3v) is 14.3. The van der Waals surface area contributed by atoms with Crippen molar-refractivity contribution in [2.75, 3.05) is 16.3 Å². The standard InChI is InChI=1S/C61H44N2/c1-61(2)53-28-10-9-23-46(53)51-37-52(49-26-14-20-43-35-36-62(60(43)49)44-21-7-4-8-22-44)56(38-54(51)61)63(45-32-29-40(30-33-45)39-15-5-3-6-16-39)55-34-31-42-19-12-25-48-47-24-11-17-41-18-13-27-50(57(41)47)59(55)58(42)48/h3-34,37-38H,35-36H2,1-2H3. The van der Waals surface area contributed by atoms with Crippen LogP contribution in [0.25, 0.3) is 76.5 Å². The molecule has 0 radical (unpaired) electrons. The van der Waals surface area contributed by atoms with E-state index in [-0.39, 0.29) is 5.41 Å². The minimum absolute atomic E-state index is 0.202. The zero-order valence-electron chi connectivity index (χ0n) is 35.4. The first-order valence-corrected chi connectivity index (χ1v) is 22.3. The normalized spacial score (nSPS) is 13.8. The Kier molecular flexibility index (Phi) is 7.81. The van der Waals surface area contributed by atoms with Crippen molar-refractivity contribution in [3.05, 3.63) is 223 Å². The highest BCUT2D eigenvalue weighted by Gasteiger charge is 2.38. The second-order valence-electron chi connectivity index (χ2n) is 18.0. The Balaban J connectivity index is 1.17. The van der Waals surface area contributed by atoms with E-state index in [9.17, 15) is 0 Å². The third kappa shape index (κ3) is 5.31. The molecule has 63 heavy (non-hydrogen) atoms. The molecule has 0 saturated carbocycles. The largest absolute Gasteiger partial charge is 0.340 e. The van der Waals surface area contributed by atoms with Crippen LogP contribution < -0.4 is 9.80 Å². The summed E-state index contributed by atoms with van der Waals surface area (Å²) in [7, 11) is 0. The highest BCUT2D eigenvalue weighted by atomic mass is 15.2. The number of nitrogens with zero attached hydrogens (tertiary/aromatic N) is 2. The van der Waals surface area contributed by atoms with E-state index in [4.69, 9.17) is 0 Å². The highest BCUT2D eigenvalue weighted by Crippen LogP contribution is 2.57. The molecule has 0 saturated heterocycles. The number of para-hydroxylation sites is 2. The number of hydrogen-bond donors (Lipinski definition) is 0. The van der Waals surface area contributed by atoms with Crippen molar-refractivity contribution in [3.8, 4) is 33.4 Å². The van der Waals surface area contributed by atoms with E-state index in [0.29, 0.717) is 0 Å². The van der Waals surface area contributed by atoms with E-state index in [1.807, 2.05) is 0 Å². The van der Waals surface area contributed by atoms with Crippen molar-refractivity contribution >= 4 is 71.5 Å². The van der Waals surface area contributed by atoms with Crippen LogP contribution in [0.3, 0.4) is 0 Å². The van der Waals surface area contributed by atoms with E-state index >= 15 is 0 Å². The van der Waals surface area contributed by atoms with Gasteiger partial charge in [-0.3, -0.25) is 0 Å². The molecular formula is C61H44N2. The van der Waals surface area contributed by atoms with Gasteiger partial charge in [-0.2, -0.15) is 0 Å². The Bertz CT molecular complexity index is 3580. The number of benzene rings is 11. The van der Waals surface area contributed by atoms with Gasteiger partial charge >= 0.3 is 0 Å². The first kappa shape index (κ1) is 36.0. The van der Waals surface area contributed by atoms with Crippen LogP contribution in [-0.2, 0) is 11.8 Å². The van der Waals surface area contributed by atoms with Crippen LogP contribution >= 0.6 is 0 Å². The Morgan fingerprint density at radius 3 is 1.84 bits per heavy atom. The van der Waals surface area contributed by atoms with Crippen LogP contribution in [0.4, 0.5) is 28.4 Å². The summed E-state index contributed by atoms with van der Waals surface area (Å²) in [5.41, 5.74) is 17.4. The molecule has 0 atom stereocenters. The maximum atomic E-state index is 2.60.